The number of benzene rings is 1. The average Bonchev–Trinajstić information content (AvgIpc) is 2.59. The second-order valence-electron chi connectivity index (χ2n) is 5.63. The van der Waals surface area contributed by atoms with Crippen molar-refractivity contribution in [2.75, 3.05) is 32.8 Å². The summed E-state index contributed by atoms with van der Waals surface area (Å²) in [4.78, 5) is 25.5. The second kappa shape index (κ2) is 8.47. The zero-order valence-corrected chi connectivity index (χ0v) is 12.9. The Morgan fingerprint density at radius 1 is 1.22 bits per heavy atom. The number of amides is 3. The number of carbonyl (C=O) groups is 2. The molecule has 2 rings (SSSR count). The molecule has 1 aromatic rings. The monoisotopic (exact) mass is 323 g/mol. The number of halogens is 1. The van der Waals surface area contributed by atoms with Gasteiger partial charge in [-0.15, -0.1) is 0 Å². The topological polar surface area (TPSA) is 81.7 Å². The van der Waals surface area contributed by atoms with Crippen LogP contribution in [0.1, 0.15) is 23.2 Å². The van der Waals surface area contributed by atoms with Crippen LogP contribution in [0.15, 0.2) is 24.3 Å². The van der Waals surface area contributed by atoms with E-state index in [0.29, 0.717) is 31.7 Å². The van der Waals surface area contributed by atoms with E-state index in [2.05, 4.69) is 10.6 Å². The Morgan fingerprint density at radius 2 is 1.91 bits per heavy atom. The SMILES string of the molecule is O=C(NCCNC(=O)N1CCC[C@@H](CO)C1)c1ccc(F)cc1. The van der Waals surface area contributed by atoms with Crippen molar-refractivity contribution in [1.29, 1.82) is 0 Å². The third-order valence-corrected chi connectivity index (χ3v) is 3.86. The number of urea groups is 1. The Morgan fingerprint density at radius 3 is 2.61 bits per heavy atom. The van der Waals surface area contributed by atoms with Gasteiger partial charge in [-0.2, -0.15) is 0 Å². The van der Waals surface area contributed by atoms with Gasteiger partial charge in [-0.25, -0.2) is 9.18 Å². The highest BCUT2D eigenvalue weighted by atomic mass is 19.1. The summed E-state index contributed by atoms with van der Waals surface area (Å²) in [6, 6.07) is 5.09. The Labute approximate surface area is 134 Å². The number of nitrogens with one attached hydrogen (secondary N) is 2. The lowest BCUT2D eigenvalue weighted by Gasteiger charge is -2.31. The molecule has 1 fully saturated rings. The minimum absolute atomic E-state index is 0.0947. The molecule has 1 atom stereocenters. The van der Waals surface area contributed by atoms with Crippen LogP contribution >= 0.6 is 0 Å². The predicted octanol–water partition coefficient (Wildman–Crippen LogP) is 0.969. The zero-order valence-electron chi connectivity index (χ0n) is 12.9. The van der Waals surface area contributed by atoms with Crippen LogP contribution in [-0.4, -0.2) is 54.7 Å². The molecule has 6 nitrogen and oxygen atoms in total. The summed E-state index contributed by atoms with van der Waals surface area (Å²) in [5.41, 5.74) is 0.375. The van der Waals surface area contributed by atoms with Gasteiger partial charge in [-0.3, -0.25) is 4.79 Å². The molecular weight excluding hydrogens is 301 g/mol. The fraction of sp³-hybridized carbons (Fsp3) is 0.500. The zero-order chi connectivity index (χ0) is 16.7. The van der Waals surface area contributed by atoms with Gasteiger partial charge >= 0.3 is 6.03 Å². The van der Waals surface area contributed by atoms with Crippen LogP contribution in [0.2, 0.25) is 0 Å². The summed E-state index contributed by atoms with van der Waals surface area (Å²) in [7, 11) is 0. The number of nitrogens with zero attached hydrogens (tertiary/aromatic N) is 1. The fourth-order valence-electron chi connectivity index (χ4n) is 2.56. The van der Waals surface area contributed by atoms with Gasteiger partial charge in [-0.1, -0.05) is 0 Å². The molecule has 23 heavy (non-hydrogen) atoms. The highest BCUT2D eigenvalue weighted by Gasteiger charge is 2.22. The van der Waals surface area contributed by atoms with Crippen molar-refractivity contribution in [3.8, 4) is 0 Å². The molecule has 1 aliphatic rings. The van der Waals surface area contributed by atoms with Crippen LogP contribution in [0.25, 0.3) is 0 Å². The first-order valence-electron chi connectivity index (χ1n) is 7.77. The van der Waals surface area contributed by atoms with Crippen LogP contribution in [0, 0.1) is 11.7 Å². The molecule has 0 radical (unpaired) electrons. The summed E-state index contributed by atoms with van der Waals surface area (Å²) >= 11 is 0. The first-order chi connectivity index (χ1) is 11.1. The lowest BCUT2D eigenvalue weighted by molar-refractivity contribution is 0.0952. The highest BCUT2D eigenvalue weighted by Crippen LogP contribution is 2.15. The molecule has 0 aliphatic carbocycles. The van der Waals surface area contributed by atoms with Crippen molar-refractivity contribution in [3.63, 3.8) is 0 Å². The summed E-state index contributed by atoms with van der Waals surface area (Å²) in [5, 5.41) is 14.6. The first-order valence-corrected chi connectivity index (χ1v) is 7.77. The lowest BCUT2D eigenvalue weighted by Crippen LogP contribution is -2.47. The number of piperidine rings is 1. The summed E-state index contributed by atoms with van der Waals surface area (Å²) in [6.45, 7) is 1.94. The maximum absolute atomic E-state index is 12.8. The minimum atomic E-state index is -0.392. The van der Waals surface area contributed by atoms with Crippen molar-refractivity contribution in [1.82, 2.24) is 15.5 Å². The van der Waals surface area contributed by atoms with E-state index in [9.17, 15) is 14.0 Å². The predicted molar refractivity (Wildman–Crippen MR) is 83.5 cm³/mol. The molecule has 0 aromatic heterocycles. The van der Waals surface area contributed by atoms with Gasteiger partial charge in [0, 0.05) is 38.3 Å². The molecule has 0 unspecified atom stereocenters. The van der Waals surface area contributed by atoms with E-state index in [1.807, 2.05) is 0 Å². The number of rotatable bonds is 5. The standard InChI is InChI=1S/C16H22FN3O3/c17-14-5-3-13(4-6-14)15(22)18-7-8-19-16(23)20-9-1-2-12(10-20)11-21/h3-6,12,21H,1-2,7-11H2,(H,18,22)(H,19,23)/t12-/m1/s1. The molecule has 126 valence electrons. The van der Waals surface area contributed by atoms with Gasteiger partial charge in [0.25, 0.3) is 5.91 Å². The Balaban J connectivity index is 1.67. The molecule has 0 bridgehead atoms. The normalized spacial score (nSPS) is 17.7. The van der Waals surface area contributed by atoms with E-state index in [4.69, 9.17) is 5.11 Å². The van der Waals surface area contributed by atoms with Crippen molar-refractivity contribution in [2.24, 2.45) is 5.92 Å². The van der Waals surface area contributed by atoms with E-state index in [-0.39, 0.29) is 24.5 Å². The third-order valence-electron chi connectivity index (χ3n) is 3.86. The number of likely N-dealkylation sites (tertiary alicyclic amines) is 1. The van der Waals surface area contributed by atoms with Crippen molar-refractivity contribution >= 4 is 11.9 Å². The van der Waals surface area contributed by atoms with Gasteiger partial charge in [-0.05, 0) is 43.0 Å². The van der Waals surface area contributed by atoms with Crippen LogP contribution in [0.4, 0.5) is 9.18 Å². The maximum atomic E-state index is 12.8. The van der Waals surface area contributed by atoms with Gasteiger partial charge < -0.3 is 20.6 Å². The largest absolute Gasteiger partial charge is 0.396 e. The number of carbonyl (C=O) groups excluding carboxylic acids is 2. The summed E-state index contributed by atoms with van der Waals surface area (Å²) in [6.07, 6.45) is 1.83. The van der Waals surface area contributed by atoms with Gasteiger partial charge in [0.05, 0.1) is 0 Å². The van der Waals surface area contributed by atoms with Crippen LogP contribution in [0.5, 0.6) is 0 Å². The van der Waals surface area contributed by atoms with E-state index in [1.54, 1.807) is 4.90 Å². The number of hydrogen-bond acceptors (Lipinski definition) is 3. The van der Waals surface area contributed by atoms with E-state index < -0.39 is 5.82 Å². The molecule has 1 aromatic carbocycles. The molecule has 3 amide bonds. The van der Waals surface area contributed by atoms with E-state index >= 15 is 0 Å². The third kappa shape index (κ3) is 5.21. The smallest absolute Gasteiger partial charge is 0.317 e. The molecule has 7 heteroatoms. The van der Waals surface area contributed by atoms with Crippen LogP contribution in [0.3, 0.4) is 0 Å². The fourth-order valence-corrected chi connectivity index (χ4v) is 2.56. The van der Waals surface area contributed by atoms with Crippen LogP contribution < -0.4 is 10.6 Å². The van der Waals surface area contributed by atoms with Crippen molar-refractivity contribution in [2.45, 2.75) is 12.8 Å². The summed E-state index contributed by atoms with van der Waals surface area (Å²) < 4.78 is 12.8. The van der Waals surface area contributed by atoms with Crippen LogP contribution in [-0.2, 0) is 0 Å². The first kappa shape index (κ1) is 17.2. The van der Waals surface area contributed by atoms with E-state index in [1.165, 1.54) is 24.3 Å². The Hall–Kier alpha value is -2.15. The molecule has 0 saturated carbocycles. The van der Waals surface area contributed by atoms with E-state index in [0.717, 1.165) is 12.8 Å². The quantitative estimate of drug-likeness (QED) is 0.706. The molecule has 1 aliphatic heterocycles. The Kier molecular flexibility index (Phi) is 6.34. The van der Waals surface area contributed by atoms with Crippen molar-refractivity contribution < 1.29 is 19.1 Å². The molecular formula is C16H22FN3O3. The van der Waals surface area contributed by atoms with Gasteiger partial charge in [0.2, 0.25) is 0 Å². The summed E-state index contributed by atoms with van der Waals surface area (Å²) in [5.74, 6) is -0.554. The molecule has 1 saturated heterocycles. The van der Waals surface area contributed by atoms with Gasteiger partial charge in [0.15, 0.2) is 0 Å². The number of aliphatic hydroxyl groups excluding tert-OH is 1. The lowest BCUT2D eigenvalue weighted by atomic mass is 9.99. The average molecular weight is 323 g/mol. The highest BCUT2D eigenvalue weighted by molar-refractivity contribution is 5.94. The van der Waals surface area contributed by atoms with Crippen molar-refractivity contribution in [3.05, 3.63) is 35.6 Å². The minimum Gasteiger partial charge on any atom is -0.396 e. The molecule has 0 spiro atoms. The second-order valence-corrected chi connectivity index (χ2v) is 5.63. The Bertz CT molecular complexity index is 536. The molecule has 1 heterocycles. The maximum Gasteiger partial charge on any atom is 0.317 e. The molecule has 3 N–H and O–H groups in total. The number of aliphatic hydroxyl groups is 1. The van der Waals surface area contributed by atoms with Gasteiger partial charge in [0.1, 0.15) is 5.82 Å². The number of hydrogen-bond donors (Lipinski definition) is 3.